The normalized spacial score (nSPS) is 10.5. The summed E-state index contributed by atoms with van der Waals surface area (Å²) in [6.07, 6.45) is 0.957. The Morgan fingerprint density at radius 1 is 1.50 bits per heavy atom. The molecule has 0 spiro atoms. The second kappa shape index (κ2) is 5.75. The smallest absolute Gasteiger partial charge is 0.252 e. The summed E-state index contributed by atoms with van der Waals surface area (Å²) < 4.78 is 0. The predicted octanol–water partition coefficient (Wildman–Crippen LogP) is 2.70. The molecule has 3 nitrogen and oxygen atoms in total. The van der Waals surface area contributed by atoms with Crippen LogP contribution in [0, 0.1) is 5.92 Å². The van der Waals surface area contributed by atoms with Crippen LogP contribution in [0.4, 0.5) is 5.69 Å². The van der Waals surface area contributed by atoms with Crippen molar-refractivity contribution in [2.24, 2.45) is 5.92 Å². The lowest BCUT2D eigenvalue weighted by Gasteiger charge is -2.08. The number of anilines is 1. The number of amides is 1. The van der Waals surface area contributed by atoms with Crippen molar-refractivity contribution in [2.75, 3.05) is 12.3 Å². The standard InChI is InChI=1S/C12H17ClN2O/c1-8(2)5-6-15-12(16)10-4-3-9(14)7-11(10)13/h3-4,7-8H,5-6,14H2,1-2H3,(H,15,16). The van der Waals surface area contributed by atoms with Crippen LogP contribution in [0.3, 0.4) is 0 Å². The molecule has 0 bridgehead atoms. The molecule has 3 N–H and O–H groups in total. The Bertz CT molecular complexity index is 377. The number of halogens is 1. The van der Waals surface area contributed by atoms with Gasteiger partial charge in [0.1, 0.15) is 0 Å². The number of carbonyl (C=O) groups is 1. The van der Waals surface area contributed by atoms with Gasteiger partial charge in [0, 0.05) is 12.2 Å². The van der Waals surface area contributed by atoms with Gasteiger partial charge in [-0.3, -0.25) is 4.79 Å². The molecule has 1 aromatic carbocycles. The highest BCUT2D eigenvalue weighted by Gasteiger charge is 2.09. The molecule has 0 saturated carbocycles. The van der Waals surface area contributed by atoms with E-state index in [-0.39, 0.29) is 5.91 Å². The molecule has 0 aliphatic heterocycles. The van der Waals surface area contributed by atoms with Gasteiger partial charge in [-0.2, -0.15) is 0 Å². The SMILES string of the molecule is CC(C)CCNC(=O)c1ccc(N)cc1Cl. The minimum absolute atomic E-state index is 0.148. The van der Waals surface area contributed by atoms with Crippen LogP contribution in [0.5, 0.6) is 0 Å². The molecule has 0 saturated heterocycles. The van der Waals surface area contributed by atoms with Crippen LogP contribution in [0.15, 0.2) is 18.2 Å². The first-order chi connectivity index (χ1) is 7.50. The van der Waals surface area contributed by atoms with Gasteiger partial charge in [-0.25, -0.2) is 0 Å². The molecule has 0 aliphatic carbocycles. The number of hydrogen-bond acceptors (Lipinski definition) is 2. The lowest BCUT2D eigenvalue weighted by molar-refractivity contribution is 0.0952. The highest BCUT2D eigenvalue weighted by molar-refractivity contribution is 6.34. The van der Waals surface area contributed by atoms with Crippen molar-refractivity contribution in [1.29, 1.82) is 0 Å². The molecular formula is C12H17ClN2O. The number of nitrogen functional groups attached to an aromatic ring is 1. The highest BCUT2D eigenvalue weighted by Crippen LogP contribution is 2.18. The van der Waals surface area contributed by atoms with Crippen LogP contribution < -0.4 is 11.1 Å². The van der Waals surface area contributed by atoms with E-state index in [1.54, 1.807) is 18.2 Å². The summed E-state index contributed by atoms with van der Waals surface area (Å²) >= 11 is 5.93. The van der Waals surface area contributed by atoms with Gasteiger partial charge in [0.2, 0.25) is 0 Å². The molecular weight excluding hydrogens is 224 g/mol. The number of rotatable bonds is 4. The Kier molecular flexibility index (Phi) is 4.62. The molecule has 0 aromatic heterocycles. The van der Waals surface area contributed by atoms with Crippen molar-refractivity contribution >= 4 is 23.2 Å². The van der Waals surface area contributed by atoms with Gasteiger partial charge in [0.05, 0.1) is 10.6 Å². The first-order valence-corrected chi connectivity index (χ1v) is 5.71. The van der Waals surface area contributed by atoms with Gasteiger partial charge in [-0.1, -0.05) is 25.4 Å². The van der Waals surface area contributed by atoms with Crippen LogP contribution in [-0.4, -0.2) is 12.5 Å². The van der Waals surface area contributed by atoms with E-state index in [1.807, 2.05) is 0 Å². The first-order valence-electron chi connectivity index (χ1n) is 5.34. The van der Waals surface area contributed by atoms with Crippen LogP contribution in [-0.2, 0) is 0 Å². The Morgan fingerprint density at radius 2 is 2.19 bits per heavy atom. The maximum absolute atomic E-state index is 11.7. The van der Waals surface area contributed by atoms with E-state index in [4.69, 9.17) is 17.3 Å². The third kappa shape index (κ3) is 3.74. The van der Waals surface area contributed by atoms with E-state index in [2.05, 4.69) is 19.2 Å². The van der Waals surface area contributed by atoms with Crippen LogP contribution in [0.1, 0.15) is 30.6 Å². The lowest BCUT2D eigenvalue weighted by Crippen LogP contribution is -2.25. The minimum Gasteiger partial charge on any atom is -0.399 e. The summed E-state index contributed by atoms with van der Waals surface area (Å²) in [4.78, 5) is 11.7. The van der Waals surface area contributed by atoms with Crippen molar-refractivity contribution in [2.45, 2.75) is 20.3 Å². The molecule has 4 heteroatoms. The van der Waals surface area contributed by atoms with E-state index < -0.39 is 0 Å². The fourth-order valence-electron chi connectivity index (χ4n) is 1.29. The molecule has 0 aliphatic rings. The topological polar surface area (TPSA) is 55.1 Å². The van der Waals surface area contributed by atoms with Crippen molar-refractivity contribution in [3.05, 3.63) is 28.8 Å². The summed E-state index contributed by atoms with van der Waals surface area (Å²) in [5.41, 5.74) is 6.58. The number of benzene rings is 1. The molecule has 1 amide bonds. The maximum Gasteiger partial charge on any atom is 0.252 e. The monoisotopic (exact) mass is 240 g/mol. The minimum atomic E-state index is -0.148. The zero-order chi connectivity index (χ0) is 12.1. The average Bonchev–Trinajstić information content (AvgIpc) is 2.16. The quantitative estimate of drug-likeness (QED) is 0.795. The Morgan fingerprint density at radius 3 is 2.75 bits per heavy atom. The molecule has 16 heavy (non-hydrogen) atoms. The van der Waals surface area contributed by atoms with E-state index in [1.165, 1.54) is 0 Å². The molecule has 1 aromatic rings. The second-order valence-electron chi connectivity index (χ2n) is 4.18. The van der Waals surface area contributed by atoms with E-state index >= 15 is 0 Å². The second-order valence-corrected chi connectivity index (χ2v) is 4.58. The van der Waals surface area contributed by atoms with E-state index in [0.29, 0.717) is 28.7 Å². The fraction of sp³-hybridized carbons (Fsp3) is 0.417. The summed E-state index contributed by atoms with van der Waals surface area (Å²) in [6, 6.07) is 4.89. The molecule has 0 atom stereocenters. The van der Waals surface area contributed by atoms with Gasteiger partial charge in [-0.15, -0.1) is 0 Å². The zero-order valence-corrected chi connectivity index (χ0v) is 10.3. The number of carbonyl (C=O) groups excluding carboxylic acids is 1. The van der Waals surface area contributed by atoms with Gasteiger partial charge in [-0.05, 0) is 30.5 Å². The van der Waals surface area contributed by atoms with E-state index in [0.717, 1.165) is 6.42 Å². The summed E-state index contributed by atoms with van der Waals surface area (Å²) in [5.74, 6) is 0.424. The van der Waals surface area contributed by atoms with E-state index in [9.17, 15) is 4.79 Å². The van der Waals surface area contributed by atoms with Crippen molar-refractivity contribution in [1.82, 2.24) is 5.32 Å². The molecule has 0 fully saturated rings. The number of nitrogens with two attached hydrogens (primary N) is 1. The third-order valence-corrected chi connectivity index (χ3v) is 2.56. The zero-order valence-electron chi connectivity index (χ0n) is 9.59. The van der Waals surface area contributed by atoms with Crippen LogP contribution >= 0.6 is 11.6 Å². The van der Waals surface area contributed by atoms with Gasteiger partial charge in [0.15, 0.2) is 0 Å². The average molecular weight is 241 g/mol. The van der Waals surface area contributed by atoms with Gasteiger partial charge >= 0.3 is 0 Å². The third-order valence-electron chi connectivity index (χ3n) is 2.25. The maximum atomic E-state index is 11.7. The number of hydrogen-bond donors (Lipinski definition) is 2. The van der Waals surface area contributed by atoms with Crippen molar-refractivity contribution < 1.29 is 4.79 Å². The Balaban J connectivity index is 2.59. The Hall–Kier alpha value is -1.22. The predicted molar refractivity (Wildman–Crippen MR) is 67.7 cm³/mol. The van der Waals surface area contributed by atoms with Crippen LogP contribution in [0.2, 0.25) is 5.02 Å². The van der Waals surface area contributed by atoms with Crippen molar-refractivity contribution in [3.8, 4) is 0 Å². The largest absolute Gasteiger partial charge is 0.399 e. The lowest BCUT2D eigenvalue weighted by atomic mass is 10.1. The van der Waals surface area contributed by atoms with Crippen molar-refractivity contribution in [3.63, 3.8) is 0 Å². The Labute approximate surface area is 101 Å². The highest BCUT2D eigenvalue weighted by atomic mass is 35.5. The molecule has 0 unspecified atom stereocenters. The summed E-state index contributed by atoms with van der Waals surface area (Å²) in [7, 11) is 0. The molecule has 1 rings (SSSR count). The summed E-state index contributed by atoms with van der Waals surface area (Å²) in [6.45, 7) is 4.89. The molecule has 0 radical (unpaired) electrons. The van der Waals surface area contributed by atoms with Gasteiger partial charge in [0.25, 0.3) is 5.91 Å². The first kappa shape index (κ1) is 12.8. The van der Waals surface area contributed by atoms with Gasteiger partial charge < -0.3 is 11.1 Å². The number of nitrogens with one attached hydrogen (secondary N) is 1. The summed E-state index contributed by atoms with van der Waals surface area (Å²) in [5, 5.41) is 3.22. The van der Waals surface area contributed by atoms with Crippen LogP contribution in [0.25, 0.3) is 0 Å². The molecule has 88 valence electrons. The molecule has 0 heterocycles. The fourth-order valence-corrected chi connectivity index (χ4v) is 1.56.